The van der Waals surface area contributed by atoms with Crippen LogP contribution in [-0.2, 0) is 11.2 Å². The SMILES string of the molecule is CCCNC(=O)c1ccccc1NC(=O)[C@@H](C)Oc1ccccc1CC. The molecule has 5 heteroatoms. The largest absolute Gasteiger partial charge is 0.481 e. The van der Waals surface area contributed by atoms with Gasteiger partial charge in [-0.1, -0.05) is 44.2 Å². The van der Waals surface area contributed by atoms with Gasteiger partial charge >= 0.3 is 0 Å². The van der Waals surface area contributed by atoms with Crippen LogP contribution >= 0.6 is 0 Å². The molecule has 0 radical (unpaired) electrons. The number of aryl methyl sites for hydroxylation is 1. The zero-order chi connectivity index (χ0) is 18.9. The third-order valence-electron chi connectivity index (χ3n) is 3.99. The Bertz CT molecular complexity index is 758. The van der Waals surface area contributed by atoms with Gasteiger partial charge < -0.3 is 15.4 Å². The maximum atomic E-state index is 12.5. The summed E-state index contributed by atoms with van der Waals surface area (Å²) >= 11 is 0. The van der Waals surface area contributed by atoms with Gasteiger partial charge in [0.1, 0.15) is 5.75 Å². The monoisotopic (exact) mass is 354 g/mol. The number of hydrogen-bond acceptors (Lipinski definition) is 3. The summed E-state index contributed by atoms with van der Waals surface area (Å²) in [5.74, 6) is 0.200. The molecule has 2 aromatic carbocycles. The Morgan fingerprint density at radius 3 is 2.46 bits per heavy atom. The second-order valence-electron chi connectivity index (χ2n) is 6.01. The first-order valence-corrected chi connectivity index (χ1v) is 8.99. The van der Waals surface area contributed by atoms with Crippen molar-refractivity contribution in [3.63, 3.8) is 0 Å². The zero-order valence-corrected chi connectivity index (χ0v) is 15.5. The molecule has 0 saturated heterocycles. The van der Waals surface area contributed by atoms with E-state index in [0.717, 1.165) is 18.4 Å². The molecule has 26 heavy (non-hydrogen) atoms. The topological polar surface area (TPSA) is 67.4 Å². The quantitative estimate of drug-likeness (QED) is 0.758. The molecule has 5 nitrogen and oxygen atoms in total. The predicted molar refractivity (Wildman–Crippen MR) is 104 cm³/mol. The van der Waals surface area contributed by atoms with E-state index in [1.165, 1.54) is 0 Å². The van der Waals surface area contributed by atoms with Gasteiger partial charge in [-0.3, -0.25) is 9.59 Å². The van der Waals surface area contributed by atoms with Crippen LogP contribution < -0.4 is 15.4 Å². The Labute approximate surface area is 154 Å². The van der Waals surface area contributed by atoms with Crippen LogP contribution in [0.1, 0.15) is 43.1 Å². The molecule has 1 atom stereocenters. The van der Waals surface area contributed by atoms with E-state index in [1.807, 2.05) is 38.1 Å². The van der Waals surface area contributed by atoms with E-state index >= 15 is 0 Å². The molecule has 2 amide bonds. The van der Waals surface area contributed by atoms with Gasteiger partial charge in [-0.05, 0) is 43.5 Å². The van der Waals surface area contributed by atoms with Crippen molar-refractivity contribution in [2.45, 2.75) is 39.7 Å². The van der Waals surface area contributed by atoms with Gasteiger partial charge in [0.15, 0.2) is 6.10 Å². The standard InChI is InChI=1S/C21H26N2O3/c1-4-14-22-21(25)17-11-7-8-12-18(17)23-20(24)15(3)26-19-13-9-6-10-16(19)5-2/h6-13,15H,4-5,14H2,1-3H3,(H,22,25)(H,23,24)/t15-/m1/s1. The molecule has 0 aliphatic heterocycles. The number of nitrogens with one attached hydrogen (secondary N) is 2. The summed E-state index contributed by atoms with van der Waals surface area (Å²) in [7, 11) is 0. The number of amides is 2. The average molecular weight is 354 g/mol. The zero-order valence-electron chi connectivity index (χ0n) is 15.5. The molecule has 0 bridgehead atoms. The second kappa shape index (κ2) is 9.61. The van der Waals surface area contributed by atoms with Crippen LogP contribution in [0.4, 0.5) is 5.69 Å². The molecule has 0 fully saturated rings. The van der Waals surface area contributed by atoms with E-state index in [2.05, 4.69) is 10.6 Å². The minimum absolute atomic E-state index is 0.201. The smallest absolute Gasteiger partial charge is 0.265 e. The number of carbonyl (C=O) groups is 2. The summed E-state index contributed by atoms with van der Waals surface area (Å²) in [4.78, 5) is 24.8. The number of rotatable bonds is 8. The average Bonchev–Trinajstić information content (AvgIpc) is 2.66. The van der Waals surface area contributed by atoms with E-state index in [-0.39, 0.29) is 11.8 Å². The van der Waals surface area contributed by atoms with Crippen LogP contribution in [0.3, 0.4) is 0 Å². The van der Waals surface area contributed by atoms with Crippen LogP contribution in [0.2, 0.25) is 0 Å². The molecular formula is C21H26N2O3. The molecule has 0 spiro atoms. The third-order valence-corrected chi connectivity index (χ3v) is 3.99. The maximum Gasteiger partial charge on any atom is 0.265 e. The minimum Gasteiger partial charge on any atom is -0.481 e. The summed E-state index contributed by atoms with van der Waals surface area (Å²) in [5, 5.41) is 5.63. The first-order chi connectivity index (χ1) is 12.6. The Morgan fingerprint density at radius 2 is 1.73 bits per heavy atom. The molecule has 138 valence electrons. The number of carbonyl (C=O) groups excluding carboxylic acids is 2. The Morgan fingerprint density at radius 1 is 1.04 bits per heavy atom. The van der Waals surface area contributed by atoms with Crippen LogP contribution in [0.25, 0.3) is 0 Å². The van der Waals surface area contributed by atoms with Crippen LogP contribution in [-0.4, -0.2) is 24.5 Å². The third kappa shape index (κ3) is 5.09. The van der Waals surface area contributed by atoms with Gasteiger partial charge in [-0.25, -0.2) is 0 Å². The number of para-hydroxylation sites is 2. The lowest BCUT2D eigenvalue weighted by molar-refractivity contribution is -0.122. The van der Waals surface area contributed by atoms with Crippen molar-refractivity contribution in [3.8, 4) is 5.75 Å². The van der Waals surface area contributed by atoms with Gasteiger partial charge in [-0.2, -0.15) is 0 Å². The van der Waals surface area contributed by atoms with E-state index in [1.54, 1.807) is 31.2 Å². The minimum atomic E-state index is -0.686. The number of hydrogen-bond donors (Lipinski definition) is 2. The van der Waals surface area contributed by atoms with Crippen LogP contribution in [0.15, 0.2) is 48.5 Å². The molecule has 0 unspecified atom stereocenters. The fourth-order valence-corrected chi connectivity index (χ4v) is 2.51. The number of ether oxygens (including phenoxy) is 1. The van der Waals surface area contributed by atoms with Crippen molar-refractivity contribution in [2.24, 2.45) is 0 Å². The van der Waals surface area contributed by atoms with Crippen LogP contribution in [0, 0.1) is 0 Å². The van der Waals surface area contributed by atoms with Crippen molar-refractivity contribution in [1.82, 2.24) is 5.32 Å². The normalized spacial score (nSPS) is 11.5. The molecule has 0 aromatic heterocycles. The van der Waals surface area contributed by atoms with E-state index in [4.69, 9.17) is 4.74 Å². The van der Waals surface area contributed by atoms with Crippen molar-refractivity contribution >= 4 is 17.5 Å². The van der Waals surface area contributed by atoms with Crippen molar-refractivity contribution in [2.75, 3.05) is 11.9 Å². The Hall–Kier alpha value is -2.82. The highest BCUT2D eigenvalue weighted by molar-refractivity contribution is 6.04. The van der Waals surface area contributed by atoms with E-state index in [0.29, 0.717) is 23.5 Å². The van der Waals surface area contributed by atoms with Crippen LogP contribution in [0.5, 0.6) is 5.75 Å². The fourth-order valence-electron chi connectivity index (χ4n) is 2.51. The molecule has 2 rings (SSSR count). The summed E-state index contributed by atoms with van der Waals surface area (Å²) in [6.07, 6.45) is 0.988. The number of benzene rings is 2. The lowest BCUT2D eigenvalue weighted by atomic mass is 10.1. The van der Waals surface area contributed by atoms with Gasteiger partial charge in [0.25, 0.3) is 11.8 Å². The summed E-state index contributed by atoms with van der Waals surface area (Å²) < 4.78 is 5.82. The van der Waals surface area contributed by atoms with Gasteiger partial charge in [-0.15, -0.1) is 0 Å². The Balaban J connectivity index is 2.08. The van der Waals surface area contributed by atoms with E-state index < -0.39 is 6.10 Å². The molecule has 0 heterocycles. The van der Waals surface area contributed by atoms with Crippen molar-refractivity contribution < 1.29 is 14.3 Å². The summed E-state index contributed by atoms with van der Waals surface area (Å²) in [6.45, 7) is 6.31. The first-order valence-electron chi connectivity index (χ1n) is 8.99. The molecule has 2 aromatic rings. The highest BCUT2D eigenvalue weighted by atomic mass is 16.5. The molecule has 0 aliphatic rings. The second-order valence-corrected chi connectivity index (χ2v) is 6.01. The molecular weight excluding hydrogens is 328 g/mol. The molecule has 0 aliphatic carbocycles. The Kier molecular flexibility index (Phi) is 7.21. The summed E-state index contributed by atoms with van der Waals surface area (Å²) in [5.41, 5.74) is 1.97. The molecule has 2 N–H and O–H groups in total. The first kappa shape index (κ1) is 19.5. The maximum absolute atomic E-state index is 12.5. The molecule has 0 saturated carbocycles. The van der Waals surface area contributed by atoms with Crippen molar-refractivity contribution in [1.29, 1.82) is 0 Å². The number of anilines is 1. The highest BCUT2D eigenvalue weighted by Gasteiger charge is 2.19. The fraction of sp³-hybridized carbons (Fsp3) is 0.333. The predicted octanol–water partition coefficient (Wildman–Crippen LogP) is 3.79. The lowest BCUT2D eigenvalue weighted by Crippen LogP contribution is -2.32. The van der Waals surface area contributed by atoms with E-state index in [9.17, 15) is 9.59 Å². The van der Waals surface area contributed by atoms with Gasteiger partial charge in [0.05, 0.1) is 11.3 Å². The van der Waals surface area contributed by atoms with Gasteiger partial charge in [0, 0.05) is 6.54 Å². The van der Waals surface area contributed by atoms with Crippen molar-refractivity contribution in [3.05, 3.63) is 59.7 Å². The van der Waals surface area contributed by atoms with Gasteiger partial charge in [0.2, 0.25) is 0 Å². The highest BCUT2D eigenvalue weighted by Crippen LogP contribution is 2.21. The summed E-state index contributed by atoms with van der Waals surface area (Å²) in [6, 6.07) is 14.6. The lowest BCUT2D eigenvalue weighted by Gasteiger charge is -2.18.